The second-order valence-corrected chi connectivity index (χ2v) is 4.23. The zero-order valence-corrected chi connectivity index (χ0v) is 8.86. The van der Waals surface area contributed by atoms with Gasteiger partial charge in [0, 0.05) is 18.5 Å². The Labute approximate surface area is 88.5 Å². The molecule has 0 saturated heterocycles. The largest absolute Gasteiger partial charge is 0.379 e. The number of hydrogen-bond donors (Lipinski definition) is 1. The highest BCUT2D eigenvalue weighted by Gasteiger charge is 2.30. The van der Waals surface area contributed by atoms with Crippen molar-refractivity contribution in [2.75, 3.05) is 11.9 Å². The summed E-state index contributed by atoms with van der Waals surface area (Å²) in [5, 5.41) is 13.9. The first-order chi connectivity index (χ1) is 7.11. The lowest BCUT2D eigenvalue weighted by atomic mass is 9.90. The minimum atomic E-state index is -0.325. The lowest BCUT2D eigenvalue weighted by Gasteiger charge is -2.13. The van der Waals surface area contributed by atoms with Crippen LogP contribution in [-0.2, 0) is 0 Å². The Morgan fingerprint density at radius 2 is 2.27 bits per heavy atom. The van der Waals surface area contributed by atoms with Gasteiger partial charge in [0.15, 0.2) is 0 Å². The Morgan fingerprint density at radius 3 is 2.87 bits per heavy atom. The number of anilines is 1. The van der Waals surface area contributed by atoms with Gasteiger partial charge in [0.1, 0.15) is 5.69 Å². The monoisotopic (exact) mass is 206 g/mol. The summed E-state index contributed by atoms with van der Waals surface area (Å²) in [6.07, 6.45) is 0. The maximum absolute atomic E-state index is 10.8. The minimum Gasteiger partial charge on any atom is -0.379 e. The van der Waals surface area contributed by atoms with E-state index in [-0.39, 0.29) is 10.6 Å². The SMILES string of the molecule is CC(C)C1CNc2c1cccc2[N+](=O)[O-]. The Morgan fingerprint density at radius 1 is 1.53 bits per heavy atom. The van der Waals surface area contributed by atoms with Crippen molar-refractivity contribution in [2.45, 2.75) is 19.8 Å². The standard InChI is InChI=1S/C11H14N2O2/c1-7(2)9-6-12-11-8(9)4-3-5-10(11)13(14)15/h3-5,7,9,12H,6H2,1-2H3. The quantitative estimate of drug-likeness (QED) is 0.598. The summed E-state index contributed by atoms with van der Waals surface area (Å²) in [6, 6.07) is 5.29. The zero-order chi connectivity index (χ0) is 11.0. The van der Waals surface area contributed by atoms with Crippen LogP contribution in [0.15, 0.2) is 18.2 Å². The molecule has 2 rings (SSSR count). The van der Waals surface area contributed by atoms with Gasteiger partial charge < -0.3 is 5.32 Å². The Balaban J connectivity index is 2.48. The molecule has 1 aliphatic rings. The molecule has 0 saturated carbocycles. The summed E-state index contributed by atoms with van der Waals surface area (Å²) in [5.74, 6) is 0.889. The van der Waals surface area contributed by atoms with Crippen LogP contribution in [0.1, 0.15) is 25.3 Å². The fourth-order valence-corrected chi connectivity index (χ4v) is 2.13. The first-order valence-electron chi connectivity index (χ1n) is 5.12. The van der Waals surface area contributed by atoms with E-state index in [1.165, 1.54) is 0 Å². The molecule has 1 aliphatic heterocycles. The molecule has 1 atom stereocenters. The third-order valence-corrected chi connectivity index (χ3v) is 2.97. The van der Waals surface area contributed by atoms with E-state index in [4.69, 9.17) is 0 Å². The van der Waals surface area contributed by atoms with Gasteiger partial charge in [0.25, 0.3) is 5.69 Å². The van der Waals surface area contributed by atoms with E-state index in [1.54, 1.807) is 12.1 Å². The first-order valence-corrected chi connectivity index (χ1v) is 5.12. The molecule has 0 fully saturated rings. The van der Waals surface area contributed by atoms with Gasteiger partial charge >= 0.3 is 0 Å². The van der Waals surface area contributed by atoms with E-state index in [1.807, 2.05) is 6.07 Å². The fraction of sp³-hybridized carbons (Fsp3) is 0.455. The fourth-order valence-electron chi connectivity index (χ4n) is 2.13. The number of nitro benzene ring substituents is 1. The summed E-state index contributed by atoms with van der Waals surface area (Å²) in [7, 11) is 0. The lowest BCUT2D eigenvalue weighted by molar-refractivity contribution is -0.383. The Kier molecular flexibility index (Phi) is 2.34. The lowest BCUT2D eigenvalue weighted by Crippen LogP contribution is -2.08. The number of nitrogens with zero attached hydrogens (tertiary/aromatic N) is 1. The molecule has 4 nitrogen and oxygen atoms in total. The normalized spacial score (nSPS) is 18.7. The summed E-state index contributed by atoms with van der Waals surface area (Å²) < 4.78 is 0. The molecule has 0 spiro atoms. The second kappa shape index (κ2) is 3.53. The number of nitro groups is 1. The van der Waals surface area contributed by atoms with E-state index in [9.17, 15) is 10.1 Å². The van der Waals surface area contributed by atoms with Gasteiger partial charge in [-0.2, -0.15) is 0 Å². The van der Waals surface area contributed by atoms with Crippen molar-refractivity contribution in [3.05, 3.63) is 33.9 Å². The van der Waals surface area contributed by atoms with Crippen LogP contribution >= 0.6 is 0 Å². The van der Waals surface area contributed by atoms with Crippen LogP contribution in [0, 0.1) is 16.0 Å². The van der Waals surface area contributed by atoms with Crippen molar-refractivity contribution in [1.29, 1.82) is 0 Å². The van der Waals surface area contributed by atoms with Gasteiger partial charge in [-0.1, -0.05) is 26.0 Å². The number of fused-ring (bicyclic) bond motifs is 1. The first kappa shape index (κ1) is 9.96. The van der Waals surface area contributed by atoms with Crippen LogP contribution in [0.2, 0.25) is 0 Å². The van der Waals surface area contributed by atoms with Gasteiger partial charge in [0.05, 0.1) is 4.92 Å². The van der Waals surface area contributed by atoms with Gasteiger partial charge in [-0.25, -0.2) is 0 Å². The molecule has 1 aromatic rings. The van der Waals surface area contributed by atoms with Crippen LogP contribution in [0.3, 0.4) is 0 Å². The number of benzene rings is 1. The molecular formula is C11H14N2O2. The summed E-state index contributed by atoms with van der Waals surface area (Å²) >= 11 is 0. The molecule has 0 amide bonds. The minimum absolute atomic E-state index is 0.190. The maximum Gasteiger partial charge on any atom is 0.292 e. The van der Waals surface area contributed by atoms with Crippen LogP contribution in [0.4, 0.5) is 11.4 Å². The molecular weight excluding hydrogens is 192 g/mol. The molecule has 1 heterocycles. The predicted octanol–water partition coefficient (Wildman–Crippen LogP) is 2.76. The highest BCUT2D eigenvalue weighted by atomic mass is 16.6. The van der Waals surface area contributed by atoms with Crippen molar-refractivity contribution < 1.29 is 4.92 Å². The molecule has 0 radical (unpaired) electrons. The van der Waals surface area contributed by atoms with Crippen molar-refractivity contribution >= 4 is 11.4 Å². The zero-order valence-electron chi connectivity index (χ0n) is 8.86. The molecule has 1 N–H and O–H groups in total. The number of para-hydroxylation sites is 1. The summed E-state index contributed by atoms with van der Waals surface area (Å²) in [5.41, 5.74) is 1.98. The molecule has 15 heavy (non-hydrogen) atoms. The number of hydrogen-bond acceptors (Lipinski definition) is 3. The molecule has 80 valence electrons. The van der Waals surface area contributed by atoms with E-state index in [2.05, 4.69) is 19.2 Å². The number of rotatable bonds is 2. The topological polar surface area (TPSA) is 55.2 Å². The predicted molar refractivity (Wildman–Crippen MR) is 59.2 cm³/mol. The van der Waals surface area contributed by atoms with Crippen LogP contribution < -0.4 is 5.32 Å². The van der Waals surface area contributed by atoms with E-state index < -0.39 is 0 Å². The van der Waals surface area contributed by atoms with Crippen molar-refractivity contribution in [3.63, 3.8) is 0 Å². The highest BCUT2D eigenvalue weighted by Crippen LogP contribution is 2.41. The van der Waals surface area contributed by atoms with Crippen LogP contribution in [-0.4, -0.2) is 11.5 Å². The molecule has 1 unspecified atom stereocenters. The average molecular weight is 206 g/mol. The van der Waals surface area contributed by atoms with E-state index in [0.29, 0.717) is 17.5 Å². The summed E-state index contributed by atoms with van der Waals surface area (Å²) in [4.78, 5) is 10.5. The number of nitrogens with one attached hydrogen (secondary N) is 1. The van der Waals surface area contributed by atoms with Gasteiger partial charge in [-0.05, 0) is 11.5 Å². The molecule has 0 aromatic heterocycles. The Bertz CT molecular complexity index is 402. The van der Waals surface area contributed by atoms with Gasteiger partial charge in [0.2, 0.25) is 0 Å². The third-order valence-electron chi connectivity index (χ3n) is 2.97. The maximum atomic E-state index is 10.8. The van der Waals surface area contributed by atoms with Crippen LogP contribution in [0.25, 0.3) is 0 Å². The second-order valence-electron chi connectivity index (χ2n) is 4.23. The van der Waals surface area contributed by atoms with Crippen molar-refractivity contribution in [1.82, 2.24) is 0 Å². The highest BCUT2D eigenvalue weighted by molar-refractivity contribution is 5.70. The smallest absolute Gasteiger partial charge is 0.292 e. The van der Waals surface area contributed by atoms with Gasteiger partial charge in [-0.15, -0.1) is 0 Å². The van der Waals surface area contributed by atoms with Gasteiger partial charge in [-0.3, -0.25) is 10.1 Å². The van der Waals surface area contributed by atoms with Crippen molar-refractivity contribution in [3.8, 4) is 0 Å². The van der Waals surface area contributed by atoms with E-state index in [0.717, 1.165) is 12.1 Å². The van der Waals surface area contributed by atoms with E-state index >= 15 is 0 Å². The molecule has 1 aromatic carbocycles. The Hall–Kier alpha value is -1.58. The van der Waals surface area contributed by atoms with Crippen LogP contribution in [0.5, 0.6) is 0 Å². The summed E-state index contributed by atoms with van der Waals surface area (Å²) in [6.45, 7) is 5.08. The molecule has 4 heteroatoms. The van der Waals surface area contributed by atoms with Crippen molar-refractivity contribution in [2.24, 2.45) is 5.92 Å². The molecule has 0 bridgehead atoms. The average Bonchev–Trinajstić information content (AvgIpc) is 2.59. The third kappa shape index (κ3) is 1.56. The molecule has 0 aliphatic carbocycles.